The maximum Gasteiger partial charge on any atom is 0.256 e. The number of ether oxygens (including phenoxy) is 4. The fourth-order valence-corrected chi connectivity index (χ4v) is 6.39. The molecule has 1 N–H and O–H groups in total. The van der Waals surface area contributed by atoms with Gasteiger partial charge in [-0.05, 0) is 93.0 Å². The Morgan fingerprint density at radius 3 is 2.41 bits per heavy atom. The summed E-state index contributed by atoms with van der Waals surface area (Å²) in [6, 6.07) is 26.2. The van der Waals surface area contributed by atoms with Gasteiger partial charge in [-0.15, -0.1) is 0 Å². The van der Waals surface area contributed by atoms with E-state index in [4.69, 9.17) is 23.9 Å². The summed E-state index contributed by atoms with van der Waals surface area (Å²) in [5, 5.41) is 4.17. The predicted octanol–water partition coefficient (Wildman–Crippen LogP) is 8.91. The third-order valence-electron chi connectivity index (χ3n) is 9.07. The molecule has 0 spiro atoms. The van der Waals surface area contributed by atoms with Crippen LogP contribution in [0.5, 0.6) is 28.7 Å². The number of piperidine rings is 1. The fourth-order valence-electron chi connectivity index (χ4n) is 6.39. The number of amides is 1. The van der Waals surface area contributed by atoms with E-state index in [-0.39, 0.29) is 11.4 Å². The topological polar surface area (TPSA) is 95.0 Å². The van der Waals surface area contributed by atoms with Crippen LogP contribution < -0.4 is 24.3 Å². The van der Waals surface area contributed by atoms with Crippen molar-refractivity contribution in [2.45, 2.75) is 25.7 Å². The summed E-state index contributed by atoms with van der Waals surface area (Å²) in [6.07, 6.45) is 6.36. The van der Waals surface area contributed by atoms with Gasteiger partial charge in [-0.3, -0.25) is 9.78 Å². The van der Waals surface area contributed by atoms with E-state index < -0.39 is 11.7 Å². The summed E-state index contributed by atoms with van der Waals surface area (Å²) in [6.45, 7) is 3.87. The number of nitrogens with one attached hydrogen (secondary N) is 1. The smallest absolute Gasteiger partial charge is 0.256 e. The Labute approximate surface area is 296 Å². The van der Waals surface area contributed by atoms with Crippen LogP contribution in [0.15, 0.2) is 97.2 Å². The Balaban J connectivity index is 1.07. The molecule has 0 saturated carbocycles. The van der Waals surface area contributed by atoms with Gasteiger partial charge >= 0.3 is 0 Å². The molecule has 6 aromatic rings. The molecule has 260 valence electrons. The molecule has 1 aliphatic heterocycles. The molecule has 2 aromatic heterocycles. The van der Waals surface area contributed by atoms with E-state index in [9.17, 15) is 4.79 Å². The second-order valence-corrected chi connectivity index (χ2v) is 12.4. The highest BCUT2D eigenvalue weighted by atomic mass is 19.1. The maximum absolute atomic E-state index is 15.5. The summed E-state index contributed by atoms with van der Waals surface area (Å²) in [4.78, 5) is 25.4. The van der Waals surface area contributed by atoms with Crippen LogP contribution in [-0.2, 0) is 0 Å². The lowest BCUT2D eigenvalue weighted by Gasteiger charge is -2.26. The molecule has 0 unspecified atom stereocenters. The Hall–Kier alpha value is -5.74. The lowest BCUT2D eigenvalue weighted by Crippen LogP contribution is -2.31. The number of aromatic nitrogens is 2. The number of nitrogens with zero attached hydrogens (tertiary/aromatic N) is 3. The average molecular weight is 687 g/mol. The summed E-state index contributed by atoms with van der Waals surface area (Å²) < 4.78 is 38.6. The van der Waals surface area contributed by atoms with Crippen LogP contribution in [0.25, 0.3) is 33.1 Å². The van der Waals surface area contributed by atoms with Crippen molar-refractivity contribution in [2.75, 3.05) is 45.8 Å². The van der Waals surface area contributed by atoms with Crippen LogP contribution in [0.1, 0.15) is 36.0 Å². The molecular formula is C41H39FN4O5. The van der Waals surface area contributed by atoms with Gasteiger partial charge in [0.25, 0.3) is 5.91 Å². The molecule has 3 heterocycles. The molecule has 7 rings (SSSR count). The highest BCUT2D eigenvalue weighted by molar-refractivity contribution is 6.13. The number of methoxy groups -OCH3 is 2. The van der Waals surface area contributed by atoms with E-state index in [0.29, 0.717) is 56.9 Å². The number of rotatable bonds is 12. The second kappa shape index (κ2) is 15.4. The normalized spacial score (nSPS) is 13.2. The molecule has 1 amide bonds. The Bertz CT molecular complexity index is 2170. The standard InChI is InChI=1S/C41H39FN4O5/c1-48-29-14-11-27(12-15-29)35-24-31(30-9-4-5-10-34(30)45-35)41(47)44-28-13-16-38(33(42)23-28)51-37-17-18-43-36-26-40(39(49-2)25-32(36)37)50-22-8-21-46-19-6-3-7-20-46/h4-5,9-18,23-26H,3,6-8,19-22H2,1-2H3,(H,44,47). The van der Waals surface area contributed by atoms with E-state index in [0.717, 1.165) is 37.4 Å². The van der Waals surface area contributed by atoms with Crippen molar-refractivity contribution in [3.8, 4) is 40.0 Å². The van der Waals surface area contributed by atoms with Crippen molar-refractivity contribution in [3.05, 3.63) is 109 Å². The molecule has 10 heteroatoms. The second-order valence-electron chi connectivity index (χ2n) is 12.4. The van der Waals surface area contributed by atoms with E-state index in [2.05, 4.69) is 15.2 Å². The van der Waals surface area contributed by atoms with Crippen LogP contribution in [0.3, 0.4) is 0 Å². The summed E-state index contributed by atoms with van der Waals surface area (Å²) in [5.41, 5.74) is 3.44. The van der Waals surface area contributed by atoms with E-state index in [1.165, 1.54) is 31.4 Å². The number of fused-ring (bicyclic) bond motifs is 2. The van der Waals surface area contributed by atoms with Crippen molar-refractivity contribution in [1.82, 2.24) is 14.9 Å². The van der Waals surface area contributed by atoms with Crippen LogP contribution in [-0.4, -0.2) is 61.2 Å². The van der Waals surface area contributed by atoms with E-state index in [1.54, 1.807) is 44.7 Å². The minimum atomic E-state index is -0.642. The maximum atomic E-state index is 15.5. The first-order valence-electron chi connectivity index (χ1n) is 17.1. The minimum Gasteiger partial charge on any atom is -0.497 e. The van der Waals surface area contributed by atoms with Crippen LogP contribution >= 0.6 is 0 Å². The lowest BCUT2D eigenvalue weighted by molar-refractivity contribution is 0.102. The zero-order chi connectivity index (χ0) is 35.2. The number of likely N-dealkylation sites (tertiary alicyclic amines) is 1. The molecule has 0 radical (unpaired) electrons. The van der Waals surface area contributed by atoms with Crippen molar-refractivity contribution >= 4 is 33.4 Å². The van der Waals surface area contributed by atoms with Crippen molar-refractivity contribution in [3.63, 3.8) is 0 Å². The summed E-state index contributed by atoms with van der Waals surface area (Å²) in [5.74, 6) is 1.21. The van der Waals surface area contributed by atoms with Gasteiger partial charge in [-0.2, -0.15) is 0 Å². The van der Waals surface area contributed by atoms with Gasteiger partial charge in [0.2, 0.25) is 0 Å². The first-order chi connectivity index (χ1) is 25.0. The molecule has 51 heavy (non-hydrogen) atoms. The zero-order valence-corrected chi connectivity index (χ0v) is 28.7. The van der Waals surface area contributed by atoms with E-state index in [1.807, 2.05) is 54.6 Å². The molecule has 0 bridgehead atoms. The summed E-state index contributed by atoms with van der Waals surface area (Å²) >= 11 is 0. The summed E-state index contributed by atoms with van der Waals surface area (Å²) in [7, 11) is 3.19. The number of hydrogen-bond donors (Lipinski definition) is 1. The number of carbonyl (C=O) groups is 1. The molecule has 0 atom stereocenters. The van der Waals surface area contributed by atoms with Gasteiger partial charge in [-0.25, -0.2) is 9.37 Å². The van der Waals surface area contributed by atoms with Crippen LogP contribution in [0.2, 0.25) is 0 Å². The van der Waals surface area contributed by atoms with Crippen molar-refractivity contribution in [1.29, 1.82) is 0 Å². The molecule has 0 aliphatic carbocycles. The Morgan fingerprint density at radius 2 is 1.63 bits per heavy atom. The van der Waals surface area contributed by atoms with Crippen LogP contribution in [0, 0.1) is 5.82 Å². The van der Waals surface area contributed by atoms with Gasteiger partial charge in [-0.1, -0.05) is 24.6 Å². The number of hydrogen-bond acceptors (Lipinski definition) is 8. The highest BCUT2D eigenvalue weighted by Crippen LogP contribution is 2.38. The van der Waals surface area contributed by atoms with Crippen molar-refractivity contribution in [2.24, 2.45) is 0 Å². The van der Waals surface area contributed by atoms with Crippen LogP contribution in [0.4, 0.5) is 10.1 Å². The van der Waals surface area contributed by atoms with Gasteiger partial charge in [0.1, 0.15) is 11.5 Å². The Kier molecular flexibility index (Phi) is 10.2. The van der Waals surface area contributed by atoms with Crippen molar-refractivity contribution < 1.29 is 28.1 Å². The molecule has 1 aliphatic rings. The predicted molar refractivity (Wildman–Crippen MR) is 197 cm³/mol. The third kappa shape index (κ3) is 7.71. The fraction of sp³-hybridized carbons (Fsp3) is 0.244. The zero-order valence-electron chi connectivity index (χ0n) is 28.7. The number of carbonyl (C=O) groups excluding carboxylic acids is 1. The number of anilines is 1. The van der Waals surface area contributed by atoms with Gasteiger partial charge in [0.05, 0.1) is 43.1 Å². The number of para-hydroxylation sites is 1. The molecular weight excluding hydrogens is 647 g/mol. The average Bonchev–Trinajstić information content (AvgIpc) is 3.17. The first kappa shape index (κ1) is 33.7. The largest absolute Gasteiger partial charge is 0.497 e. The van der Waals surface area contributed by atoms with Gasteiger partial charge in [0.15, 0.2) is 23.1 Å². The SMILES string of the molecule is COc1ccc(-c2cc(C(=O)Nc3ccc(Oc4ccnc5cc(OCCCN6CCCCC6)c(OC)cc45)c(F)c3)c3ccccc3n2)cc1. The molecule has 1 saturated heterocycles. The molecule has 4 aromatic carbocycles. The quantitative estimate of drug-likeness (QED) is 0.128. The highest BCUT2D eigenvalue weighted by Gasteiger charge is 2.18. The Morgan fingerprint density at radius 1 is 0.804 bits per heavy atom. The van der Waals surface area contributed by atoms with E-state index >= 15 is 4.39 Å². The van der Waals surface area contributed by atoms with Gasteiger partial charge in [0, 0.05) is 46.9 Å². The van der Waals surface area contributed by atoms with Gasteiger partial charge < -0.3 is 29.2 Å². The third-order valence-corrected chi connectivity index (χ3v) is 9.07. The number of halogens is 1. The monoisotopic (exact) mass is 686 g/mol. The molecule has 1 fully saturated rings. The molecule has 9 nitrogen and oxygen atoms in total. The number of pyridine rings is 2. The minimum absolute atomic E-state index is 0.00587. The first-order valence-corrected chi connectivity index (χ1v) is 17.1. The lowest BCUT2D eigenvalue weighted by atomic mass is 10.0. The number of benzene rings is 4.